The monoisotopic (exact) mass is 279 g/mol. The van der Waals surface area contributed by atoms with Crippen LogP contribution >= 0.6 is 0 Å². The Hall–Kier alpha value is -0.860. The maximum Gasteiger partial charge on any atom is 0.422 e. The zero-order valence-corrected chi connectivity index (χ0v) is 11.5. The quantitative estimate of drug-likeness (QED) is 0.640. The van der Waals surface area contributed by atoms with Gasteiger partial charge < -0.3 is 10.1 Å². The van der Waals surface area contributed by atoms with Crippen LogP contribution in [0.5, 0.6) is 0 Å². The van der Waals surface area contributed by atoms with Crippen LogP contribution < -0.4 is 14.8 Å². The highest BCUT2D eigenvalue weighted by atomic mass is 32.2. The van der Waals surface area contributed by atoms with Gasteiger partial charge in [0.05, 0.1) is 6.10 Å². The predicted octanol–water partition coefficient (Wildman–Crippen LogP) is 0.0975. The van der Waals surface area contributed by atoms with E-state index >= 15 is 0 Å². The molecule has 1 atom stereocenters. The van der Waals surface area contributed by atoms with E-state index in [0.717, 1.165) is 19.4 Å². The number of rotatable bonds is 6. The smallest absolute Gasteiger partial charge is 0.422 e. The Labute approximate surface area is 108 Å². The van der Waals surface area contributed by atoms with Gasteiger partial charge in [-0.15, -0.1) is 0 Å². The summed E-state index contributed by atoms with van der Waals surface area (Å²) < 4.78 is 31.7. The van der Waals surface area contributed by atoms with Gasteiger partial charge in [-0.05, 0) is 39.7 Å². The van der Waals surface area contributed by atoms with E-state index in [0.29, 0.717) is 19.0 Å². The Morgan fingerprint density at radius 2 is 2.22 bits per heavy atom. The lowest BCUT2D eigenvalue weighted by Gasteiger charge is -2.12. The summed E-state index contributed by atoms with van der Waals surface area (Å²) in [5.41, 5.74) is 0. The van der Waals surface area contributed by atoms with Gasteiger partial charge in [-0.25, -0.2) is 9.52 Å². The minimum atomic E-state index is -3.82. The molecule has 0 spiro atoms. The molecule has 0 saturated carbocycles. The Morgan fingerprint density at radius 1 is 1.50 bits per heavy atom. The van der Waals surface area contributed by atoms with Crippen LogP contribution in [0.4, 0.5) is 4.79 Å². The number of carbonyl (C=O) groups is 1. The van der Waals surface area contributed by atoms with Crippen molar-refractivity contribution in [2.45, 2.75) is 45.3 Å². The van der Waals surface area contributed by atoms with Crippen LogP contribution in [0.15, 0.2) is 0 Å². The van der Waals surface area contributed by atoms with Crippen molar-refractivity contribution < 1.29 is 17.9 Å². The number of ether oxygens (including phenoxy) is 1. The van der Waals surface area contributed by atoms with Gasteiger partial charge in [-0.1, -0.05) is 0 Å². The molecular weight excluding hydrogens is 258 g/mol. The number of amides is 1. The summed E-state index contributed by atoms with van der Waals surface area (Å²) in [5, 5.41) is 3.26. The molecule has 1 aliphatic rings. The van der Waals surface area contributed by atoms with Crippen molar-refractivity contribution in [3.05, 3.63) is 0 Å². The SMILES string of the molecule is CC(C)OC(=O)NS(=O)(=O)NCC[C@@H]1CCCN1. The second kappa shape index (κ2) is 6.91. The molecule has 1 heterocycles. The summed E-state index contributed by atoms with van der Waals surface area (Å²) in [7, 11) is -3.82. The van der Waals surface area contributed by atoms with Crippen molar-refractivity contribution in [2.24, 2.45) is 0 Å². The fraction of sp³-hybridized carbons (Fsp3) is 0.900. The third-order valence-corrected chi connectivity index (χ3v) is 3.53. The third-order valence-electron chi connectivity index (χ3n) is 2.51. The fourth-order valence-electron chi connectivity index (χ4n) is 1.75. The van der Waals surface area contributed by atoms with Gasteiger partial charge in [-0.3, -0.25) is 0 Å². The van der Waals surface area contributed by atoms with Gasteiger partial charge in [-0.2, -0.15) is 13.1 Å². The van der Waals surface area contributed by atoms with E-state index in [1.165, 1.54) is 0 Å². The largest absolute Gasteiger partial charge is 0.446 e. The number of carbonyl (C=O) groups excluding carboxylic acids is 1. The molecular formula is C10H21N3O4S. The molecule has 106 valence electrons. The summed E-state index contributed by atoms with van der Waals surface area (Å²) >= 11 is 0. The van der Waals surface area contributed by atoms with Crippen LogP contribution in [0.25, 0.3) is 0 Å². The Balaban J connectivity index is 2.24. The van der Waals surface area contributed by atoms with E-state index in [1.54, 1.807) is 18.6 Å². The van der Waals surface area contributed by atoms with Gasteiger partial charge in [0.2, 0.25) is 0 Å². The molecule has 0 aromatic carbocycles. The van der Waals surface area contributed by atoms with Gasteiger partial charge in [0.15, 0.2) is 0 Å². The average molecular weight is 279 g/mol. The number of nitrogens with one attached hydrogen (secondary N) is 3. The van der Waals surface area contributed by atoms with Gasteiger partial charge in [0, 0.05) is 12.6 Å². The van der Waals surface area contributed by atoms with Crippen LogP contribution in [-0.2, 0) is 14.9 Å². The molecule has 0 aromatic heterocycles. The molecule has 1 amide bonds. The van der Waals surface area contributed by atoms with E-state index in [-0.39, 0.29) is 6.10 Å². The van der Waals surface area contributed by atoms with Gasteiger partial charge >= 0.3 is 16.3 Å². The second-order valence-electron chi connectivity index (χ2n) is 4.54. The first-order valence-electron chi connectivity index (χ1n) is 6.10. The highest BCUT2D eigenvalue weighted by Gasteiger charge is 2.18. The van der Waals surface area contributed by atoms with Crippen LogP contribution in [0, 0.1) is 0 Å². The van der Waals surface area contributed by atoms with E-state index < -0.39 is 16.3 Å². The first-order chi connectivity index (χ1) is 8.39. The Bertz CT molecular complexity index is 363. The van der Waals surface area contributed by atoms with E-state index in [2.05, 4.69) is 14.8 Å². The normalized spacial score (nSPS) is 20.1. The second-order valence-corrected chi connectivity index (χ2v) is 6.04. The van der Waals surface area contributed by atoms with E-state index in [4.69, 9.17) is 0 Å². The molecule has 0 radical (unpaired) electrons. The number of hydrogen-bond donors (Lipinski definition) is 3. The van der Waals surface area contributed by atoms with Crippen molar-refractivity contribution in [3.63, 3.8) is 0 Å². The van der Waals surface area contributed by atoms with Crippen molar-refractivity contribution in [1.29, 1.82) is 0 Å². The highest BCUT2D eigenvalue weighted by Crippen LogP contribution is 2.07. The van der Waals surface area contributed by atoms with Crippen molar-refractivity contribution in [1.82, 2.24) is 14.8 Å². The molecule has 1 aliphatic heterocycles. The molecule has 0 aliphatic carbocycles. The molecule has 8 heteroatoms. The Kier molecular flexibility index (Phi) is 5.83. The molecule has 0 unspecified atom stereocenters. The minimum Gasteiger partial charge on any atom is -0.446 e. The maximum atomic E-state index is 11.5. The van der Waals surface area contributed by atoms with Crippen molar-refractivity contribution >= 4 is 16.3 Å². The lowest BCUT2D eigenvalue weighted by Crippen LogP contribution is -2.42. The van der Waals surface area contributed by atoms with Crippen LogP contribution in [0.2, 0.25) is 0 Å². The van der Waals surface area contributed by atoms with Crippen LogP contribution in [0.1, 0.15) is 33.1 Å². The lowest BCUT2D eigenvalue weighted by molar-refractivity contribution is 0.121. The molecule has 0 bridgehead atoms. The number of hydrogen-bond acceptors (Lipinski definition) is 5. The topological polar surface area (TPSA) is 96.5 Å². The molecule has 3 N–H and O–H groups in total. The molecule has 0 aromatic rings. The van der Waals surface area contributed by atoms with Gasteiger partial charge in [0.1, 0.15) is 0 Å². The Morgan fingerprint density at radius 3 is 2.78 bits per heavy atom. The van der Waals surface area contributed by atoms with Crippen molar-refractivity contribution in [3.8, 4) is 0 Å². The van der Waals surface area contributed by atoms with Gasteiger partial charge in [0.25, 0.3) is 0 Å². The molecule has 18 heavy (non-hydrogen) atoms. The zero-order chi connectivity index (χ0) is 13.6. The fourth-order valence-corrected chi connectivity index (χ4v) is 2.48. The summed E-state index contributed by atoms with van der Waals surface area (Å²) in [4.78, 5) is 11.1. The first-order valence-corrected chi connectivity index (χ1v) is 7.59. The third kappa shape index (κ3) is 6.18. The van der Waals surface area contributed by atoms with Crippen LogP contribution in [0.3, 0.4) is 0 Å². The predicted molar refractivity (Wildman–Crippen MR) is 67.3 cm³/mol. The molecule has 1 fully saturated rings. The van der Waals surface area contributed by atoms with E-state index in [1.807, 2.05) is 0 Å². The maximum absolute atomic E-state index is 11.5. The first kappa shape index (κ1) is 15.2. The zero-order valence-electron chi connectivity index (χ0n) is 10.7. The summed E-state index contributed by atoms with van der Waals surface area (Å²) in [6.07, 6.45) is 1.57. The summed E-state index contributed by atoms with van der Waals surface area (Å²) in [5.74, 6) is 0. The molecule has 7 nitrogen and oxygen atoms in total. The lowest BCUT2D eigenvalue weighted by atomic mass is 10.2. The van der Waals surface area contributed by atoms with E-state index in [9.17, 15) is 13.2 Å². The molecule has 1 rings (SSSR count). The van der Waals surface area contributed by atoms with Crippen LogP contribution in [-0.4, -0.2) is 39.7 Å². The minimum absolute atomic E-state index is 0.294. The van der Waals surface area contributed by atoms with Crippen molar-refractivity contribution in [2.75, 3.05) is 13.1 Å². The average Bonchev–Trinajstić information content (AvgIpc) is 2.67. The standard InChI is InChI=1S/C10H21N3O4S/c1-8(2)17-10(14)13-18(15,16)12-7-5-9-4-3-6-11-9/h8-9,11-12H,3-7H2,1-2H3,(H,13,14)/t9-/m0/s1. The summed E-state index contributed by atoms with van der Waals surface area (Å²) in [6, 6.07) is 0.357. The summed E-state index contributed by atoms with van der Waals surface area (Å²) in [6.45, 7) is 4.56. The highest BCUT2D eigenvalue weighted by molar-refractivity contribution is 7.88. The molecule has 1 saturated heterocycles.